The standard InChI is InChI=1S/C22H22IN3O3/c1-3-29-19-10-6-17(7-11-19)20-12-13-21(27)26(25-20)15(2)22(28)24-14-16-4-8-18(23)9-5-16/h4-13,15H,3,14H2,1-2H3,(H,24,28). The Bertz CT molecular complexity index is 1030. The molecule has 29 heavy (non-hydrogen) atoms. The number of amides is 1. The molecule has 0 fully saturated rings. The summed E-state index contributed by atoms with van der Waals surface area (Å²) in [5.74, 6) is 0.509. The van der Waals surface area contributed by atoms with E-state index < -0.39 is 6.04 Å². The van der Waals surface area contributed by atoms with E-state index in [0.717, 1.165) is 20.4 Å². The fraction of sp³-hybridized carbons (Fsp3) is 0.227. The first-order valence-electron chi connectivity index (χ1n) is 9.33. The Balaban J connectivity index is 1.74. The molecular formula is C22H22IN3O3. The van der Waals surface area contributed by atoms with E-state index in [9.17, 15) is 9.59 Å². The zero-order chi connectivity index (χ0) is 20.8. The van der Waals surface area contributed by atoms with Gasteiger partial charge in [0, 0.05) is 21.7 Å². The van der Waals surface area contributed by atoms with Gasteiger partial charge in [0.25, 0.3) is 5.56 Å². The molecule has 1 amide bonds. The van der Waals surface area contributed by atoms with Crippen LogP contribution in [-0.2, 0) is 11.3 Å². The molecule has 150 valence electrons. The molecule has 7 heteroatoms. The van der Waals surface area contributed by atoms with Gasteiger partial charge in [0.1, 0.15) is 11.8 Å². The maximum Gasteiger partial charge on any atom is 0.267 e. The molecule has 1 unspecified atom stereocenters. The lowest BCUT2D eigenvalue weighted by atomic mass is 10.1. The molecule has 0 spiro atoms. The van der Waals surface area contributed by atoms with Crippen molar-refractivity contribution in [1.82, 2.24) is 15.1 Å². The van der Waals surface area contributed by atoms with Crippen LogP contribution in [0.5, 0.6) is 5.75 Å². The minimum atomic E-state index is -0.728. The van der Waals surface area contributed by atoms with Crippen LogP contribution >= 0.6 is 22.6 Å². The van der Waals surface area contributed by atoms with Gasteiger partial charge in [-0.3, -0.25) is 9.59 Å². The number of carbonyl (C=O) groups is 1. The number of benzene rings is 2. The summed E-state index contributed by atoms with van der Waals surface area (Å²) in [6, 6.07) is 17.7. The van der Waals surface area contributed by atoms with Crippen LogP contribution in [0, 0.1) is 3.57 Å². The average molecular weight is 503 g/mol. The van der Waals surface area contributed by atoms with Gasteiger partial charge >= 0.3 is 0 Å². The van der Waals surface area contributed by atoms with Crippen molar-refractivity contribution in [2.24, 2.45) is 0 Å². The van der Waals surface area contributed by atoms with Crippen molar-refractivity contribution in [3.63, 3.8) is 0 Å². The second kappa shape index (κ2) is 9.69. The molecule has 0 aliphatic rings. The van der Waals surface area contributed by atoms with Gasteiger partial charge in [-0.1, -0.05) is 12.1 Å². The van der Waals surface area contributed by atoms with Gasteiger partial charge in [0.05, 0.1) is 12.3 Å². The molecule has 0 saturated carbocycles. The van der Waals surface area contributed by atoms with Gasteiger partial charge in [-0.25, -0.2) is 4.68 Å². The number of rotatable bonds is 7. The molecule has 6 nitrogen and oxygen atoms in total. The van der Waals surface area contributed by atoms with Crippen molar-refractivity contribution in [3.8, 4) is 17.0 Å². The molecule has 3 rings (SSSR count). The Kier molecular flexibility index (Phi) is 7.03. The summed E-state index contributed by atoms with van der Waals surface area (Å²) in [5.41, 5.74) is 2.13. The highest BCUT2D eigenvalue weighted by Crippen LogP contribution is 2.20. The third-order valence-corrected chi connectivity index (χ3v) is 5.13. The molecule has 0 aliphatic carbocycles. The van der Waals surface area contributed by atoms with E-state index >= 15 is 0 Å². The summed E-state index contributed by atoms with van der Waals surface area (Å²) in [6.45, 7) is 4.58. The van der Waals surface area contributed by atoms with Gasteiger partial charge in [-0.15, -0.1) is 0 Å². The zero-order valence-electron chi connectivity index (χ0n) is 16.3. The first kappa shape index (κ1) is 21.0. The zero-order valence-corrected chi connectivity index (χ0v) is 18.4. The smallest absolute Gasteiger partial charge is 0.267 e. The Morgan fingerprint density at radius 1 is 1.10 bits per heavy atom. The van der Waals surface area contributed by atoms with Crippen LogP contribution in [0.15, 0.2) is 65.5 Å². The monoisotopic (exact) mass is 503 g/mol. The number of nitrogens with one attached hydrogen (secondary N) is 1. The van der Waals surface area contributed by atoms with E-state index in [0.29, 0.717) is 18.8 Å². The summed E-state index contributed by atoms with van der Waals surface area (Å²) in [7, 11) is 0. The predicted octanol–water partition coefficient (Wildman–Crippen LogP) is 3.79. The van der Waals surface area contributed by atoms with Gasteiger partial charge < -0.3 is 10.1 Å². The third-order valence-electron chi connectivity index (χ3n) is 4.41. The van der Waals surface area contributed by atoms with E-state index in [-0.39, 0.29) is 11.5 Å². The number of nitrogens with zero attached hydrogens (tertiary/aromatic N) is 2. The molecule has 0 saturated heterocycles. The first-order valence-corrected chi connectivity index (χ1v) is 10.4. The van der Waals surface area contributed by atoms with Crippen molar-refractivity contribution in [1.29, 1.82) is 0 Å². The molecule has 1 atom stereocenters. The minimum Gasteiger partial charge on any atom is -0.494 e. The highest BCUT2D eigenvalue weighted by Gasteiger charge is 2.18. The second-order valence-electron chi connectivity index (χ2n) is 6.48. The lowest BCUT2D eigenvalue weighted by molar-refractivity contribution is -0.124. The molecule has 1 N–H and O–H groups in total. The van der Waals surface area contributed by atoms with Crippen LogP contribution in [0.1, 0.15) is 25.5 Å². The van der Waals surface area contributed by atoms with E-state index in [2.05, 4.69) is 33.0 Å². The van der Waals surface area contributed by atoms with E-state index in [1.807, 2.05) is 55.5 Å². The molecule has 0 aliphatic heterocycles. The highest BCUT2D eigenvalue weighted by atomic mass is 127. The summed E-state index contributed by atoms with van der Waals surface area (Å²) < 4.78 is 7.80. The summed E-state index contributed by atoms with van der Waals surface area (Å²) in [6.07, 6.45) is 0. The number of hydrogen-bond donors (Lipinski definition) is 1. The topological polar surface area (TPSA) is 73.2 Å². The van der Waals surface area contributed by atoms with Gasteiger partial charge in [-0.05, 0) is 84.5 Å². The van der Waals surface area contributed by atoms with Gasteiger partial charge in [-0.2, -0.15) is 5.10 Å². The van der Waals surface area contributed by atoms with Crippen LogP contribution in [0.4, 0.5) is 0 Å². The Morgan fingerprint density at radius 2 is 1.79 bits per heavy atom. The Labute approximate surface area is 183 Å². The first-order chi connectivity index (χ1) is 14.0. The van der Waals surface area contributed by atoms with Crippen LogP contribution in [0.3, 0.4) is 0 Å². The molecule has 0 radical (unpaired) electrons. The van der Waals surface area contributed by atoms with Crippen LogP contribution in [-0.4, -0.2) is 22.3 Å². The SMILES string of the molecule is CCOc1ccc(-c2ccc(=O)n(C(C)C(=O)NCc3ccc(I)cc3)n2)cc1. The maximum atomic E-state index is 12.6. The highest BCUT2D eigenvalue weighted by molar-refractivity contribution is 14.1. The fourth-order valence-electron chi connectivity index (χ4n) is 2.80. The molecule has 3 aromatic rings. The van der Waals surface area contributed by atoms with Gasteiger partial charge in [0.15, 0.2) is 0 Å². The van der Waals surface area contributed by atoms with Crippen molar-refractivity contribution >= 4 is 28.5 Å². The van der Waals surface area contributed by atoms with E-state index in [1.54, 1.807) is 13.0 Å². The second-order valence-corrected chi connectivity index (χ2v) is 7.72. The van der Waals surface area contributed by atoms with Crippen molar-refractivity contribution in [3.05, 3.63) is 80.2 Å². The molecule has 1 aromatic heterocycles. The van der Waals surface area contributed by atoms with Crippen LogP contribution in [0.2, 0.25) is 0 Å². The lowest BCUT2D eigenvalue weighted by Crippen LogP contribution is -2.36. The van der Waals surface area contributed by atoms with Crippen molar-refractivity contribution < 1.29 is 9.53 Å². The van der Waals surface area contributed by atoms with E-state index in [1.165, 1.54) is 10.7 Å². The number of carbonyl (C=O) groups excluding carboxylic acids is 1. The third kappa shape index (κ3) is 5.44. The van der Waals surface area contributed by atoms with Gasteiger partial charge in [0.2, 0.25) is 5.91 Å². The molecule has 2 aromatic carbocycles. The average Bonchev–Trinajstić information content (AvgIpc) is 2.74. The number of hydrogen-bond acceptors (Lipinski definition) is 4. The Hall–Kier alpha value is -2.68. The summed E-state index contributed by atoms with van der Waals surface area (Å²) >= 11 is 2.23. The number of aromatic nitrogens is 2. The van der Waals surface area contributed by atoms with E-state index in [4.69, 9.17) is 4.74 Å². The lowest BCUT2D eigenvalue weighted by Gasteiger charge is -2.15. The molecule has 1 heterocycles. The van der Waals surface area contributed by atoms with Crippen LogP contribution < -0.4 is 15.6 Å². The Morgan fingerprint density at radius 3 is 2.45 bits per heavy atom. The largest absolute Gasteiger partial charge is 0.494 e. The maximum absolute atomic E-state index is 12.6. The number of ether oxygens (including phenoxy) is 1. The minimum absolute atomic E-state index is 0.262. The summed E-state index contributed by atoms with van der Waals surface area (Å²) in [5, 5.41) is 7.27. The molecular weight excluding hydrogens is 481 g/mol. The quantitative estimate of drug-likeness (QED) is 0.498. The van der Waals surface area contributed by atoms with Crippen LogP contribution in [0.25, 0.3) is 11.3 Å². The molecule has 0 bridgehead atoms. The fourth-order valence-corrected chi connectivity index (χ4v) is 3.16. The number of halogens is 1. The predicted molar refractivity (Wildman–Crippen MR) is 121 cm³/mol. The summed E-state index contributed by atoms with van der Waals surface area (Å²) in [4.78, 5) is 24.9. The van der Waals surface area contributed by atoms with Crippen molar-refractivity contribution in [2.45, 2.75) is 26.4 Å². The van der Waals surface area contributed by atoms with Crippen molar-refractivity contribution in [2.75, 3.05) is 6.61 Å². The normalized spacial score (nSPS) is 11.7.